The molecule has 0 spiro atoms. The summed E-state index contributed by atoms with van der Waals surface area (Å²) in [4.78, 5) is 12.1. The average molecular weight is 399 g/mol. The van der Waals surface area contributed by atoms with E-state index >= 15 is 0 Å². The highest BCUT2D eigenvalue weighted by atomic mass is 19.1. The van der Waals surface area contributed by atoms with E-state index in [-0.39, 0.29) is 24.1 Å². The first-order valence-electron chi connectivity index (χ1n) is 9.41. The van der Waals surface area contributed by atoms with Gasteiger partial charge in [-0.1, -0.05) is 18.2 Å². The van der Waals surface area contributed by atoms with E-state index < -0.39 is 11.6 Å². The first-order chi connectivity index (χ1) is 13.8. The summed E-state index contributed by atoms with van der Waals surface area (Å²) in [6.45, 7) is 5.59. The fourth-order valence-electron chi connectivity index (χ4n) is 2.97. The number of benzene rings is 2. The van der Waals surface area contributed by atoms with Crippen LogP contribution in [0.3, 0.4) is 0 Å². The van der Waals surface area contributed by atoms with Gasteiger partial charge in [0, 0.05) is 24.1 Å². The van der Waals surface area contributed by atoms with Crippen LogP contribution in [0.1, 0.15) is 31.5 Å². The fraction of sp³-hybridized carbons (Fsp3) is 0.273. The van der Waals surface area contributed by atoms with Crippen LogP contribution in [0.5, 0.6) is 11.6 Å². The molecule has 29 heavy (non-hydrogen) atoms. The van der Waals surface area contributed by atoms with E-state index in [1.54, 1.807) is 4.68 Å². The third-order valence-electron chi connectivity index (χ3n) is 4.29. The lowest BCUT2D eigenvalue weighted by atomic mass is 10.1. The summed E-state index contributed by atoms with van der Waals surface area (Å²) >= 11 is 0. The number of carbonyl (C=O) groups is 1. The van der Waals surface area contributed by atoms with Gasteiger partial charge in [0.25, 0.3) is 0 Å². The number of nitrogens with zero attached hydrogens (tertiary/aromatic N) is 2. The zero-order chi connectivity index (χ0) is 21.0. The Kier molecular flexibility index (Phi) is 6.26. The van der Waals surface area contributed by atoms with Gasteiger partial charge in [0.1, 0.15) is 5.82 Å². The molecule has 5 nitrogen and oxygen atoms in total. The molecule has 7 heteroatoms. The van der Waals surface area contributed by atoms with E-state index in [0.29, 0.717) is 23.6 Å². The number of hydrogen-bond acceptors (Lipinski definition) is 3. The van der Waals surface area contributed by atoms with Crippen molar-refractivity contribution >= 4 is 5.91 Å². The predicted octanol–water partition coefficient (Wildman–Crippen LogP) is 4.71. The number of ether oxygens (including phenoxy) is 1. The van der Waals surface area contributed by atoms with Gasteiger partial charge in [-0.15, -0.1) is 0 Å². The summed E-state index contributed by atoms with van der Waals surface area (Å²) in [6, 6.07) is 12.4. The molecule has 3 aromatic rings. The first kappa shape index (κ1) is 20.5. The van der Waals surface area contributed by atoms with Gasteiger partial charge in [-0.25, -0.2) is 13.5 Å². The van der Waals surface area contributed by atoms with Crippen LogP contribution in [-0.4, -0.2) is 21.7 Å². The molecule has 0 bridgehead atoms. The van der Waals surface area contributed by atoms with Crippen LogP contribution in [0.4, 0.5) is 8.78 Å². The van der Waals surface area contributed by atoms with Crippen molar-refractivity contribution in [2.45, 2.75) is 39.7 Å². The predicted molar refractivity (Wildman–Crippen MR) is 106 cm³/mol. The Morgan fingerprint density at radius 1 is 1.17 bits per heavy atom. The SMILES string of the molecule is Cc1nn(-c2ccccc2)c(Oc2ccc(F)cc2F)c1CCC(=O)NC(C)C. The molecule has 0 unspecified atom stereocenters. The number of amides is 1. The lowest BCUT2D eigenvalue weighted by molar-refractivity contribution is -0.121. The van der Waals surface area contributed by atoms with E-state index in [0.717, 1.165) is 17.8 Å². The van der Waals surface area contributed by atoms with Crippen molar-refractivity contribution in [3.63, 3.8) is 0 Å². The summed E-state index contributed by atoms with van der Waals surface area (Å²) in [6.07, 6.45) is 0.608. The van der Waals surface area contributed by atoms with Crippen molar-refractivity contribution in [2.24, 2.45) is 0 Å². The van der Waals surface area contributed by atoms with Crippen molar-refractivity contribution < 1.29 is 18.3 Å². The molecule has 152 valence electrons. The van der Waals surface area contributed by atoms with Gasteiger partial charge in [-0.3, -0.25) is 4.79 Å². The molecule has 0 aliphatic heterocycles. The molecule has 0 atom stereocenters. The number of para-hydroxylation sites is 1. The molecule has 1 amide bonds. The summed E-state index contributed by atoms with van der Waals surface area (Å²) in [5.74, 6) is -1.40. The van der Waals surface area contributed by atoms with Gasteiger partial charge in [0.05, 0.1) is 11.4 Å². The van der Waals surface area contributed by atoms with E-state index in [2.05, 4.69) is 10.4 Å². The number of rotatable bonds is 7. The zero-order valence-electron chi connectivity index (χ0n) is 16.6. The maximum absolute atomic E-state index is 14.2. The summed E-state index contributed by atoms with van der Waals surface area (Å²) in [7, 11) is 0. The zero-order valence-corrected chi connectivity index (χ0v) is 16.6. The monoisotopic (exact) mass is 399 g/mol. The smallest absolute Gasteiger partial charge is 0.226 e. The lowest BCUT2D eigenvalue weighted by Gasteiger charge is -2.12. The molecular formula is C22H23F2N3O2. The normalized spacial score (nSPS) is 11.0. The van der Waals surface area contributed by atoms with Crippen LogP contribution >= 0.6 is 0 Å². The Labute approximate surface area is 168 Å². The number of nitrogens with one attached hydrogen (secondary N) is 1. The lowest BCUT2D eigenvalue weighted by Crippen LogP contribution is -2.30. The van der Waals surface area contributed by atoms with Gasteiger partial charge < -0.3 is 10.1 Å². The van der Waals surface area contributed by atoms with Crippen molar-refractivity contribution in [1.29, 1.82) is 0 Å². The van der Waals surface area contributed by atoms with Crippen molar-refractivity contribution in [3.05, 3.63) is 71.4 Å². The minimum atomic E-state index is -0.813. The fourth-order valence-corrected chi connectivity index (χ4v) is 2.97. The van der Waals surface area contributed by atoms with Gasteiger partial charge in [0.2, 0.25) is 11.8 Å². The molecule has 0 saturated heterocycles. The Hall–Kier alpha value is -3.22. The largest absolute Gasteiger partial charge is 0.436 e. The molecular weight excluding hydrogens is 376 g/mol. The van der Waals surface area contributed by atoms with Crippen molar-refractivity contribution in [3.8, 4) is 17.3 Å². The number of carbonyl (C=O) groups excluding carboxylic acids is 1. The third kappa shape index (κ3) is 4.99. The highest BCUT2D eigenvalue weighted by Crippen LogP contribution is 2.32. The standard InChI is InChI=1S/C22H23F2N3O2/c1-14(2)25-21(28)12-10-18-15(3)26-27(17-7-5-4-6-8-17)22(18)29-20-11-9-16(23)13-19(20)24/h4-9,11,13-14H,10,12H2,1-3H3,(H,25,28). The Balaban J connectivity index is 1.98. The summed E-state index contributed by atoms with van der Waals surface area (Å²) < 4.78 is 34.9. The van der Waals surface area contributed by atoms with Crippen LogP contribution in [0, 0.1) is 18.6 Å². The minimum absolute atomic E-state index is 0.0414. The highest BCUT2D eigenvalue weighted by Gasteiger charge is 2.21. The quantitative estimate of drug-likeness (QED) is 0.626. The molecule has 0 fully saturated rings. The Bertz CT molecular complexity index is 1000. The second-order valence-electron chi connectivity index (χ2n) is 7.02. The minimum Gasteiger partial charge on any atom is -0.436 e. The third-order valence-corrected chi connectivity index (χ3v) is 4.29. The second kappa shape index (κ2) is 8.86. The molecule has 0 aliphatic rings. The Morgan fingerprint density at radius 3 is 2.55 bits per heavy atom. The topological polar surface area (TPSA) is 56.2 Å². The van der Waals surface area contributed by atoms with Crippen LogP contribution in [-0.2, 0) is 11.2 Å². The molecule has 0 aliphatic carbocycles. The maximum Gasteiger partial charge on any atom is 0.226 e. The van der Waals surface area contributed by atoms with Crippen LogP contribution in [0.25, 0.3) is 5.69 Å². The van der Waals surface area contributed by atoms with Crippen LogP contribution in [0.2, 0.25) is 0 Å². The van der Waals surface area contributed by atoms with E-state index in [1.165, 1.54) is 6.07 Å². The summed E-state index contributed by atoms with van der Waals surface area (Å²) in [5, 5.41) is 7.37. The molecule has 1 N–H and O–H groups in total. The molecule has 0 saturated carbocycles. The van der Waals surface area contributed by atoms with Gasteiger partial charge >= 0.3 is 0 Å². The highest BCUT2D eigenvalue weighted by molar-refractivity contribution is 5.76. The van der Waals surface area contributed by atoms with Crippen molar-refractivity contribution in [1.82, 2.24) is 15.1 Å². The van der Waals surface area contributed by atoms with Gasteiger partial charge in [0.15, 0.2) is 11.6 Å². The molecule has 1 aromatic heterocycles. The van der Waals surface area contributed by atoms with Crippen LogP contribution in [0.15, 0.2) is 48.5 Å². The molecule has 0 radical (unpaired) electrons. The van der Waals surface area contributed by atoms with E-state index in [4.69, 9.17) is 4.74 Å². The van der Waals surface area contributed by atoms with Gasteiger partial charge in [-0.05, 0) is 51.5 Å². The number of halogens is 2. The summed E-state index contributed by atoms with van der Waals surface area (Å²) in [5.41, 5.74) is 2.09. The first-order valence-corrected chi connectivity index (χ1v) is 9.41. The maximum atomic E-state index is 14.2. The Morgan fingerprint density at radius 2 is 1.90 bits per heavy atom. The van der Waals surface area contributed by atoms with Gasteiger partial charge in [-0.2, -0.15) is 5.10 Å². The number of aryl methyl sites for hydroxylation is 1. The van der Waals surface area contributed by atoms with E-state index in [1.807, 2.05) is 51.1 Å². The average Bonchev–Trinajstić information content (AvgIpc) is 2.98. The van der Waals surface area contributed by atoms with Crippen molar-refractivity contribution in [2.75, 3.05) is 0 Å². The van der Waals surface area contributed by atoms with E-state index in [9.17, 15) is 13.6 Å². The molecule has 1 heterocycles. The second-order valence-corrected chi connectivity index (χ2v) is 7.02. The molecule has 3 rings (SSSR count). The number of aromatic nitrogens is 2. The van der Waals surface area contributed by atoms with Crippen LogP contribution < -0.4 is 10.1 Å². The number of hydrogen-bond donors (Lipinski definition) is 1. The molecule has 2 aromatic carbocycles.